The van der Waals surface area contributed by atoms with E-state index in [1.54, 1.807) is 6.08 Å². The summed E-state index contributed by atoms with van der Waals surface area (Å²) in [5.74, 6) is -0.0671. The number of esters is 1. The van der Waals surface area contributed by atoms with E-state index < -0.39 is 12.1 Å². The van der Waals surface area contributed by atoms with Gasteiger partial charge in [-0.1, -0.05) is 263 Å². The average Bonchev–Trinajstić information content (AvgIpc) is 3.29. The molecule has 2 unspecified atom stereocenters. The maximum Gasteiger partial charge on any atom is 0.305 e. The molecule has 6 heteroatoms. The Kier molecular flexibility index (Phi) is 52.6. The quantitative estimate of drug-likeness (QED) is 0.0321. The Morgan fingerprint density at radius 3 is 1.11 bits per heavy atom. The smallest absolute Gasteiger partial charge is 0.305 e. The van der Waals surface area contributed by atoms with Crippen molar-refractivity contribution in [3.63, 3.8) is 0 Å². The first-order valence-electron chi connectivity index (χ1n) is 28.6. The zero-order valence-corrected chi connectivity index (χ0v) is 43.0. The third-order valence-electron chi connectivity index (χ3n) is 13.2. The number of nitrogens with one attached hydrogen (secondary N) is 1. The first kappa shape index (κ1) is 62.3. The van der Waals surface area contributed by atoms with Crippen molar-refractivity contribution >= 4 is 11.9 Å². The molecule has 3 N–H and O–H groups in total. The molecule has 0 heterocycles. The van der Waals surface area contributed by atoms with Crippen LogP contribution in [0.25, 0.3) is 0 Å². The number of amides is 1. The molecule has 0 aliphatic heterocycles. The van der Waals surface area contributed by atoms with Crippen LogP contribution in [0, 0.1) is 0 Å². The Labute approximate surface area is 399 Å². The summed E-state index contributed by atoms with van der Waals surface area (Å²) in [7, 11) is 0. The number of carbonyl (C=O) groups excluding carboxylic acids is 2. The van der Waals surface area contributed by atoms with Crippen molar-refractivity contribution in [3.05, 3.63) is 24.3 Å². The van der Waals surface area contributed by atoms with Gasteiger partial charge >= 0.3 is 5.97 Å². The first-order chi connectivity index (χ1) is 31.5. The van der Waals surface area contributed by atoms with Crippen LogP contribution in [0.5, 0.6) is 0 Å². The average molecular weight is 903 g/mol. The molecule has 0 aromatic rings. The van der Waals surface area contributed by atoms with Gasteiger partial charge < -0.3 is 20.3 Å². The molecule has 0 bridgehead atoms. The van der Waals surface area contributed by atoms with Gasteiger partial charge in [-0.15, -0.1) is 0 Å². The molecular formula is C58H111NO5. The predicted molar refractivity (Wildman–Crippen MR) is 278 cm³/mol. The van der Waals surface area contributed by atoms with Gasteiger partial charge in [0.05, 0.1) is 25.4 Å². The first-order valence-corrected chi connectivity index (χ1v) is 28.6. The highest BCUT2D eigenvalue weighted by atomic mass is 16.5. The Morgan fingerprint density at radius 2 is 0.734 bits per heavy atom. The van der Waals surface area contributed by atoms with Crippen LogP contribution in [0.1, 0.15) is 309 Å². The van der Waals surface area contributed by atoms with E-state index in [9.17, 15) is 19.8 Å². The predicted octanol–water partition coefficient (Wildman–Crippen LogP) is 17.5. The van der Waals surface area contributed by atoms with Crippen LogP contribution >= 0.6 is 0 Å². The lowest BCUT2D eigenvalue weighted by molar-refractivity contribution is -0.143. The molecule has 378 valence electrons. The maximum absolute atomic E-state index is 12.4. The molecule has 1 amide bonds. The summed E-state index contributed by atoms with van der Waals surface area (Å²) in [6.07, 6.45) is 64.9. The van der Waals surface area contributed by atoms with Crippen molar-refractivity contribution in [2.24, 2.45) is 0 Å². The molecular weight excluding hydrogens is 791 g/mol. The highest BCUT2D eigenvalue weighted by Gasteiger charge is 2.18. The molecule has 0 saturated carbocycles. The van der Waals surface area contributed by atoms with Crippen LogP contribution in [0.2, 0.25) is 0 Å². The Bertz CT molecular complexity index is 997. The van der Waals surface area contributed by atoms with E-state index in [2.05, 4.69) is 31.3 Å². The van der Waals surface area contributed by atoms with Gasteiger partial charge in [-0.05, 0) is 57.8 Å². The summed E-state index contributed by atoms with van der Waals surface area (Å²) >= 11 is 0. The van der Waals surface area contributed by atoms with E-state index in [4.69, 9.17) is 4.74 Å². The third-order valence-corrected chi connectivity index (χ3v) is 13.2. The fourth-order valence-electron chi connectivity index (χ4n) is 8.81. The van der Waals surface area contributed by atoms with E-state index in [-0.39, 0.29) is 18.5 Å². The highest BCUT2D eigenvalue weighted by Crippen LogP contribution is 2.17. The SMILES string of the molecule is CCCCCCCCC/C=C\CCCCCCCCCC(=O)OCCCCCCCCCCCCCCCCCCCCCC(=O)NC(CO)C(O)/C=C/CCCCCCCCCC. The van der Waals surface area contributed by atoms with Crippen LogP contribution in [-0.2, 0) is 14.3 Å². The molecule has 64 heavy (non-hydrogen) atoms. The highest BCUT2D eigenvalue weighted by molar-refractivity contribution is 5.76. The van der Waals surface area contributed by atoms with Gasteiger partial charge in [0, 0.05) is 12.8 Å². The molecule has 6 nitrogen and oxygen atoms in total. The normalized spacial score (nSPS) is 12.8. The zero-order chi connectivity index (χ0) is 46.5. The Balaban J connectivity index is 3.38. The number of hydrogen-bond donors (Lipinski definition) is 3. The van der Waals surface area contributed by atoms with Gasteiger partial charge in [-0.2, -0.15) is 0 Å². The van der Waals surface area contributed by atoms with Crippen molar-refractivity contribution in [3.8, 4) is 0 Å². The van der Waals surface area contributed by atoms with Gasteiger partial charge in [-0.25, -0.2) is 0 Å². The molecule has 0 rings (SSSR count). The van der Waals surface area contributed by atoms with E-state index >= 15 is 0 Å². The molecule has 0 saturated heterocycles. The molecule has 0 fully saturated rings. The van der Waals surface area contributed by atoms with Crippen molar-refractivity contribution < 1.29 is 24.5 Å². The van der Waals surface area contributed by atoms with E-state index in [0.29, 0.717) is 19.4 Å². The number of carbonyl (C=O) groups is 2. The van der Waals surface area contributed by atoms with E-state index in [1.807, 2.05) is 6.08 Å². The third kappa shape index (κ3) is 49.8. The second kappa shape index (κ2) is 54.0. The lowest BCUT2D eigenvalue weighted by Crippen LogP contribution is -2.45. The zero-order valence-electron chi connectivity index (χ0n) is 43.0. The second-order valence-electron chi connectivity index (χ2n) is 19.6. The van der Waals surface area contributed by atoms with Gasteiger partial charge in [0.1, 0.15) is 0 Å². The maximum atomic E-state index is 12.4. The van der Waals surface area contributed by atoms with Crippen LogP contribution in [0.4, 0.5) is 0 Å². The van der Waals surface area contributed by atoms with Crippen molar-refractivity contribution in [1.82, 2.24) is 5.32 Å². The van der Waals surface area contributed by atoms with Crippen LogP contribution in [0.3, 0.4) is 0 Å². The summed E-state index contributed by atoms with van der Waals surface area (Å²) in [4.78, 5) is 24.5. The largest absolute Gasteiger partial charge is 0.466 e. The standard InChI is InChI=1S/C58H111NO5/c1-3-5-7-9-11-13-15-16-17-18-23-26-29-32-36-40-44-48-52-58(63)64-53-49-45-41-37-33-30-27-24-21-19-20-22-25-28-31-35-39-43-47-51-57(62)59-55(54-60)56(61)50-46-42-38-34-14-12-10-8-6-4-2/h17-18,46,50,55-56,60-61H,3-16,19-45,47-49,51-54H2,1-2H3,(H,59,62)/b18-17-,50-46+. The van der Waals surface area contributed by atoms with Gasteiger partial charge in [0.15, 0.2) is 0 Å². The van der Waals surface area contributed by atoms with Crippen molar-refractivity contribution in [2.45, 2.75) is 321 Å². The van der Waals surface area contributed by atoms with E-state index in [1.165, 1.54) is 238 Å². The molecule has 2 atom stereocenters. The second-order valence-corrected chi connectivity index (χ2v) is 19.6. The summed E-state index contributed by atoms with van der Waals surface area (Å²) in [5, 5.41) is 23.0. The van der Waals surface area contributed by atoms with Crippen LogP contribution in [0.15, 0.2) is 24.3 Å². The lowest BCUT2D eigenvalue weighted by Gasteiger charge is -2.20. The number of allylic oxidation sites excluding steroid dienone is 3. The summed E-state index contributed by atoms with van der Waals surface area (Å²) in [6, 6.07) is -0.628. The van der Waals surface area contributed by atoms with Crippen LogP contribution in [-0.4, -0.2) is 47.4 Å². The van der Waals surface area contributed by atoms with Crippen molar-refractivity contribution in [2.75, 3.05) is 13.2 Å². The van der Waals surface area contributed by atoms with Gasteiger partial charge in [-0.3, -0.25) is 9.59 Å². The Morgan fingerprint density at radius 1 is 0.422 bits per heavy atom. The number of unbranched alkanes of at least 4 members (excludes halogenated alkanes) is 40. The number of ether oxygens (including phenoxy) is 1. The number of hydrogen-bond acceptors (Lipinski definition) is 5. The van der Waals surface area contributed by atoms with Crippen LogP contribution < -0.4 is 5.32 Å². The number of aliphatic hydroxyl groups excluding tert-OH is 2. The fraction of sp³-hybridized carbons (Fsp3) is 0.897. The minimum atomic E-state index is -0.844. The van der Waals surface area contributed by atoms with Gasteiger partial charge in [0.2, 0.25) is 5.91 Å². The topological polar surface area (TPSA) is 95.9 Å². The summed E-state index contributed by atoms with van der Waals surface area (Å²) in [5.41, 5.74) is 0. The monoisotopic (exact) mass is 902 g/mol. The summed E-state index contributed by atoms with van der Waals surface area (Å²) < 4.78 is 5.49. The minimum Gasteiger partial charge on any atom is -0.466 e. The number of aliphatic hydroxyl groups is 2. The molecule has 0 spiro atoms. The number of rotatable bonds is 53. The lowest BCUT2D eigenvalue weighted by atomic mass is 10.0. The van der Waals surface area contributed by atoms with Crippen molar-refractivity contribution in [1.29, 1.82) is 0 Å². The molecule has 0 aromatic carbocycles. The van der Waals surface area contributed by atoms with Gasteiger partial charge in [0.25, 0.3) is 0 Å². The Hall–Kier alpha value is -1.66. The summed E-state index contributed by atoms with van der Waals surface area (Å²) in [6.45, 7) is 4.88. The molecule has 0 aromatic heterocycles. The van der Waals surface area contributed by atoms with E-state index in [0.717, 1.165) is 44.9 Å². The molecule has 0 aliphatic rings. The molecule has 0 radical (unpaired) electrons. The molecule has 0 aliphatic carbocycles. The minimum absolute atomic E-state index is 0.00527. The fourth-order valence-corrected chi connectivity index (χ4v) is 8.81.